The Bertz CT molecular complexity index is 272. The van der Waals surface area contributed by atoms with E-state index in [1.165, 1.54) is 20.1 Å². The summed E-state index contributed by atoms with van der Waals surface area (Å²) in [6.45, 7) is 9.92. The first-order chi connectivity index (χ1) is 6.82. The maximum atomic E-state index is 11.5. The molecule has 0 aliphatic carbocycles. The van der Waals surface area contributed by atoms with Gasteiger partial charge in [-0.15, -0.1) is 6.58 Å². The third-order valence-corrected chi connectivity index (χ3v) is 2.50. The normalized spacial score (nSPS) is 18.5. The lowest BCUT2D eigenvalue weighted by molar-refractivity contribution is -0.164. The van der Waals surface area contributed by atoms with Gasteiger partial charge in [0.05, 0.1) is 19.3 Å². The fraction of sp³-hybridized carbons (Fsp3) is 0.545. The number of carbonyl (C=O) groups excluding carboxylic acids is 1. The molecule has 15 heavy (non-hydrogen) atoms. The summed E-state index contributed by atoms with van der Waals surface area (Å²) in [4.78, 5) is 11.5. The summed E-state index contributed by atoms with van der Waals surface area (Å²) in [6.07, 6.45) is -1.20. The van der Waals surface area contributed by atoms with E-state index in [4.69, 9.17) is 0 Å². The summed E-state index contributed by atoms with van der Waals surface area (Å²) in [6, 6.07) is 0. The van der Waals surface area contributed by atoms with Crippen LogP contribution in [-0.4, -0.2) is 35.5 Å². The van der Waals surface area contributed by atoms with Crippen molar-refractivity contribution in [2.45, 2.75) is 26.1 Å². The molecule has 0 heterocycles. The monoisotopic (exact) mass is 214 g/mol. The number of aliphatic hydroxyl groups excluding tert-OH is 2. The van der Waals surface area contributed by atoms with Crippen LogP contribution in [0.3, 0.4) is 0 Å². The highest BCUT2D eigenvalue weighted by Crippen LogP contribution is 2.32. The van der Waals surface area contributed by atoms with Crippen LogP contribution in [0.15, 0.2) is 24.8 Å². The van der Waals surface area contributed by atoms with Crippen LogP contribution < -0.4 is 0 Å². The molecular weight excluding hydrogens is 196 g/mol. The van der Waals surface area contributed by atoms with Gasteiger partial charge in [0, 0.05) is 0 Å². The molecular formula is C11H18O4. The Morgan fingerprint density at radius 2 is 2.00 bits per heavy atom. The van der Waals surface area contributed by atoms with Gasteiger partial charge in [0.15, 0.2) is 0 Å². The van der Waals surface area contributed by atoms with Crippen molar-refractivity contribution in [3.05, 3.63) is 24.8 Å². The molecule has 0 aromatic carbocycles. The van der Waals surface area contributed by atoms with E-state index in [0.717, 1.165) is 0 Å². The lowest BCUT2D eigenvalue weighted by Crippen LogP contribution is -2.49. The first-order valence-electron chi connectivity index (χ1n) is 4.54. The van der Waals surface area contributed by atoms with Crippen molar-refractivity contribution in [2.75, 3.05) is 7.11 Å². The molecule has 4 heteroatoms. The number of hydrogen-bond donors (Lipinski definition) is 2. The fourth-order valence-electron chi connectivity index (χ4n) is 1.37. The Morgan fingerprint density at radius 3 is 2.27 bits per heavy atom. The van der Waals surface area contributed by atoms with Crippen molar-refractivity contribution < 1.29 is 19.7 Å². The van der Waals surface area contributed by atoms with Crippen LogP contribution in [0.5, 0.6) is 0 Å². The lowest BCUT2D eigenvalue weighted by Gasteiger charge is -2.34. The van der Waals surface area contributed by atoms with Crippen molar-refractivity contribution in [3.8, 4) is 0 Å². The van der Waals surface area contributed by atoms with Gasteiger partial charge in [-0.2, -0.15) is 0 Å². The third kappa shape index (κ3) is 2.46. The third-order valence-electron chi connectivity index (χ3n) is 2.50. The van der Waals surface area contributed by atoms with Gasteiger partial charge in [-0.1, -0.05) is 18.2 Å². The van der Waals surface area contributed by atoms with Crippen LogP contribution in [0, 0.1) is 5.41 Å². The Hall–Kier alpha value is -1.13. The number of ether oxygens (including phenoxy) is 1. The summed E-state index contributed by atoms with van der Waals surface area (Å²) in [7, 11) is 1.20. The first-order valence-corrected chi connectivity index (χ1v) is 4.54. The van der Waals surface area contributed by atoms with E-state index in [1.54, 1.807) is 6.92 Å². The minimum Gasteiger partial charge on any atom is -0.468 e. The van der Waals surface area contributed by atoms with Crippen LogP contribution in [0.4, 0.5) is 0 Å². The standard InChI is InChI=1S/C11H18O4/c1-6-8(12)11(4,10(14)15-5)9(13)7(2)3/h6,8-9,12-13H,1-2H2,3-5H3/t8-,9+,11+/m1/s1. The zero-order valence-corrected chi connectivity index (χ0v) is 9.36. The van der Waals surface area contributed by atoms with Crippen molar-refractivity contribution in [1.29, 1.82) is 0 Å². The second kappa shape index (κ2) is 5.09. The van der Waals surface area contributed by atoms with E-state index < -0.39 is 23.6 Å². The van der Waals surface area contributed by atoms with Gasteiger partial charge in [0.1, 0.15) is 5.41 Å². The van der Waals surface area contributed by atoms with Gasteiger partial charge in [-0.3, -0.25) is 4.79 Å². The Morgan fingerprint density at radius 1 is 1.53 bits per heavy atom. The SMILES string of the molecule is C=C[C@@H](O)[C@](C)(C(=O)OC)[C@@H](O)C(=C)C. The number of methoxy groups -OCH3 is 1. The molecule has 0 saturated carbocycles. The molecule has 3 atom stereocenters. The number of esters is 1. The maximum Gasteiger partial charge on any atom is 0.317 e. The minimum absolute atomic E-state index is 0.379. The van der Waals surface area contributed by atoms with Crippen molar-refractivity contribution in [3.63, 3.8) is 0 Å². The highest BCUT2D eigenvalue weighted by atomic mass is 16.5. The van der Waals surface area contributed by atoms with E-state index in [2.05, 4.69) is 17.9 Å². The molecule has 2 N–H and O–H groups in total. The van der Waals surface area contributed by atoms with Crippen LogP contribution in [0.25, 0.3) is 0 Å². The zero-order valence-electron chi connectivity index (χ0n) is 9.36. The smallest absolute Gasteiger partial charge is 0.317 e. The molecule has 0 aliphatic heterocycles. The van der Waals surface area contributed by atoms with Crippen LogP contribution in [-0.2, 0) is 9.53 Å². The first kappa shape index (κ1) is 13.9. The van der Waals surface area contributed by atoms with Gasteiger partial charge in [-0.25, -0.2) is 0 Å². The summed E-state index contributed by atoms with van der Waals surface area (Å²) in [5.74, 6) is -0.703. The largest absolute Gasteiger partial charge is 0.468 e. The van der Waals surface area contributed by atoms with E-state index in [9.17, 15) is 15.0 Å². The second-order valence-electron chi connectivity index (χ2n) is 3.70. The molecule has 0 fully saturated rings. The molecule has 0 rings (SSSR count). The molecule has 0 saturated heterocycles. The molecule has 0 aromatic heterocycles. The molecule has 0 aromatic rings. The molecule has 4 nitrogen and oxygen atoms in total. The molecule has 0 aliphatic rings. The van der Waals surface area contributed by atoms with E-state index in [0.29, 0.717) is 5.57 Å². The van der Waals surface area contributed by atoms with E-state index in [-0.39, 0.29) is 0 Å². The molecule has 0 amide bonds. The van der Waals surface area contributed by atoms with E-state index in [1.807, 2.05) is 0 Å². The van der Waals surface area contributed by atoms with Gasteiger partial charge in [-0.05, 0) is 13.8 Å². The van der Waals surface area contributed by atoms with Crippen LogP contribution >= 0.6 is 0 Å². The predicted molar refractivity (Wildman–Crippen MR) is 57.1 cm³/mol. The molecule has 0 bridgehead atoms. The zero-order chi connectivity index (χ0) is 12.2. The molecule has 0 unspecified atom stereocenters. The van der Waals surface area contributed by atoms with E-state index >= 15 is 0 Å². The summed E-state index contributed by atoms with van der Waals surface area (Å²) in [5, 5.41) is 19.5. The van der Waals surface area contributed by atoms with Crippen molar-refractivity contribution >= 4 is 5.97 Å². The van der Waals surface area contributed by atoms with Gasteiger partial charge in [0.25, 0.3) is 0 Å². The topological polar surface area (TPSA) is 66.8 Å². The number of hydrogen-bond acceptors (Lipinski definition) is 4. The Labute approximate surface area is 89.9 Å². The van der Waals surface area contributed by atoms with Crippen molar-refractivity contribution in [1.82, 2.24) is 0 Å². The Kier molecular flexibility index (Phi) is 4.71. The molecule has 86 valence electrons. The predicted octanol–water partition coefficient (Wildman–Crippen LogP) is 0.650. The average molecular weight is 214 g/mol. The molecule has 0 spiro atoms. The van der Waals surface area contributed by atoms with Gasteiger partial charge < -0.3 is 14.9 Å². The summed E-state index contributed by atoms with van der Waals surface area (Å²) >= 11 is 0. The number of rotatable bonds is 5. The molecule has 0 radical (unpaired) electrons. The maximum absolute atomic E-state index is 11.5. The van der Waals surface area contributed by atoms with Crippen LogP contribution in [0.1, 0.15) is 13.8 Å². The van der Waals surface area contributed by atoms with Crippen molar-refractivity contribution in [2.24, 2.45) is 5.41 Å². The van der Waals surface area contributed by atoms with Crippen LogP contribution in [0.2, 0.25) is 0 Å². The van der Waals surface area contributed by atoms with Gasteiger partial charge >= 0.3 is 5.97 Å². The summed E-state index contributed by atoms with van der Waals surface area (Å²) in [5.41, 5.74) is -1.09. The average Bonchev–Trinajstić information content (AvgIpc) is 2.24. The Balaban J connectivity index is 5.28. The van der Waals surface area contributed by atoms with Gasteiger partial charge in [0.2, 0.25) is 0 Å². The lowest BCUT2D eigenvalue weighted by atomic mass is 9.76. The highest BCUT2D eigenvalue weighted by Gasteiger charge is 2.47. The fourth-order valence-corrected chi connectivity index (χ4v) is 1.37. The number of carbonyl (C=O) groups is 1. The highest BCUT2D eigenvalue weighted by molar-refractivity contribution is 5.78. The minimum atomic E-state index is -1.47. The number of aliphatic hydroxyl groups is 2. The quantitative estimate of drug-likeness (QED) is 0.521. The second-order valence-corrected chi connectivity index (χ2v) is 3.70. The summed E-state index contributed by atoms with van der Waals surface area (Å²) < 4.78 is 4.56.